The lowest BCUT2D eigenvalue weighted by Crippen LogP contribution is -2.24. The normalized spacial score (nSPS) is 18.5. The molecular formula is C17H21N3O2. The summed E-state index contributed by atoms with van der Waals surface area (Å²) in [5.74, 6) is 1.69. The highest BCUT2D eigenvalue weighted by Crippen LogP contribution is 2.29. The molecule has 1 amide bonds. The molecule has 0 radical (unpaired) electrons. The number of carbonyl (C=O) groups excluding carboxylic acids is 1. The molecule has 1 aliphatic rings. The van der Waals surface area contributed by atoms with Crippen molar-refractivity contribution in [1.29, 1.82) is 0 Å². The van der Waals surface area contributed by atoms with Gasteiger partial charge in [-0.15, -0.1) is 0 Å². The van der Waals surface area contributed by atoms with Crippen LogP contribution in [-0.4, -0.2) is 27.5 Å². The number of amides is 1. The Kier molecular flexibility index (Phi) is 3.96. The van der Waals surface area contributed by atoms with Gasteiger partial charge in [-0.25, -0.2) is 0 Å². The highest BCUT2D eigenvalue weighted by Gasteiger charge is 2.34. The fraction of sp³-hybridized carbons (Fsp3) is 0.471. The van der Waals surface area contributed by atoms with E-state index in [1.165, 1.54) is 11.1 Å². The van der Waals surface area contributed by atoms with Crippen molar-refractivity contribution in [3.8, 4) is 0 Å². The van der Waals surface area contributed by atoms with Crippen LogP contribution in [0.1, 0.15) is 54.9 Å². The Hall–Kier alpha value is -2.17. The van der Waals surface area contributed by atoms with Crippen molar-refractivity contribution in [2.24, 2.45) is 0 Å². The van der Waals surface area contributed by atoms with E-state index in [4.69, 9.17) is 4.52 Å². The molecule has 1 saturated heterocycles. The van der Waals surface area contributed by atoms with E-state index in [0.29, 0.717) is 31.2 Å². The van der Waals surface area contributed by atoms with Gasteiger partial charge >= 0.3 is 0 Å². The molecule has 1 fully saturated rings. The van der Waals surface area contributed by atoms with Crippen molar-refractivity contribution in [1.82, 2.24) is 15.0 Å². The number of carbonyl (C=O) groups is 1. The van der Waals surface area contributed by atoms with Crippen LogP contribution in [0.25, 0.3) is 0 Å². The maximum absolute atomic E-state index is 12.3. The van der Waals surface area contributed by atoms with Crippen molar-refractivity contribution in [3.63, 3.8) is 0 Å². The number of likely N-dealkylation sites (tertiary alicyclic amines) is 1. The minimum Gasteiger partial charge on any atom is -0.339 e. The van der Waals surface area contributed by atoms with E-state index in [9.17, 15) is 4.79 Å². The average Bonchev–Trinajstić information content (AvgIpc) is 3.09. The van der Waals surface area contributed by atoms with Gasteiger partial charge in [-0.1, -0.05) is 43.3 Å². The van der Waals surface area contributed by atoms with Crippen LogP contribution in [0.3, 0.4) is 0 Å². The lowest BCUT2D eigenvalue weighted by molar-refractivity contribution is -0.128. The number of benzene rings is 1. The first-order chi connectivity index (χ1) is 10.5. The number of aryl methyl sites for hydroxylation is 1. The third-order valence-corrected chi connectivity index (χ3v) is 4.16. The molecule has 1 aromatic heterocycles. The molecular weight excluding hydrogens is 278 g/mol. The molecule has 5 heteroatoms. The summed E-state index contributed by atoms with van der Waals surface area (Å²) in [7, 11) is 0. The zero-order valence-corrected chi connectivity index (χ0v) is 13.2. The number of hydrogen-bond acceptors (Lipinski definition) is 4. The smallest absolute Gasteiger partial charge is 0.232 e. The molecule has 1 aliphatic heterocycles. The standard InChI is InChI=1S/C17H21N3O2/c1-11(2)16-18-17(22-19-16)14-8-15(21)20(10-14)9-13-7-5-4-6-12(13)3/h4-7,11,14H,8-10H2,1-3H3. The molecule has 0 spiro atoms. The zero-order valence-electron chi connectivity index (χ0n) is 13.2. The van der Waals surface area contributed by atoms with E-state index < -0.39 is 0 Å². The van der Waals surface area contributed by atoms with Crippen LogP contribution in [0.5, 0.6) is 0 Å². The van der Waals surface area contributed by atoms with Crippen LogP contribution in [0.4, 0.5) is 0 Å². The molecule has 0 N–H and O–H groups in total. The summed E-state index contributed by atoms with van der Waals surface area (Å²) in [6.07, 6.45) is 0.450. The zero-order chi connectivity index (χ0) is 15.7. The summed E-state index contributed by atoms with van der Waals surface area (Å²) < 4.78 is 5.34. The van der Waals surface area contributed by atoms with Crippen LogP contribution >= 0.6 is 0 Å². The van der Waals surface area contributed by atoms with Crippen LogP contribution in [0.15, 0.2) is 28.8 Å². The quantitative estimate of drug-likeness (QED) is 0.870. The number of aromatic nitrogens is 2. The van der Waals surface area contributed by atoms with E-state index in [1.54, 1.807) is 0 Å². The van der Waals surface area contributed by atoms with E-state index in [2.05, 4.69) is 29.2 Å². The third kappa shape index (κ3) is 2.89. The lowest BCUT2D eigenvalue weighted by atomic mass is 10.1. The van der Waals surface area contributed by atoms with E-state index in [0.717, 1.165) is 0 Å². The van der Waals surface area contributed by atoms with Gasteiger partial charge in [0.05, 0.1) is 5.92 Å². The van der Waals surface area contributed by atoms with Crippen LogP contribution < -0.4 is 0 Å². The van der Waals surface area contributed by atoms with E-state index >= 15 is 0 Å². The molecule has 0 aliphatic carbocycles. The Bertz CT molecular complexity index is 678. The molecule has 1 aromatic carbocycles. The summed E-state index contributed by atoms with van der Waals surface area (Å²) in [5, 5.41) is 3.99. The van der Waals surface area contributed by atoms with Gasteiger partial charge < -0.3 is 9.42 Å². The predicted octanol–water partition coefficient (Wildman–Crippen LogP) is 3.02. The number of hydrogen-bond donors (Lipinski definition) is 0. The highest BCUT2D eigenvalue weighted by molar-refractivity contribution is 5.79. The van der Waals surface area contributed by atoms with E-state index in [-0.39, 0.29) is 17.7 Å². The summed E-state index contributed by atoms with van der Waals surface area (Å²) in [6.45, 7) is 7.41. The first-order valence-electron chi connectivity index (χ1n) is 7.70. The van der Waals surface area contributed by atoms with E-state index in [1.807, 2.05) is 30.9 Å². The van der Waals surface area contributed by atoms with Crippen molar-refractivity contribution in [2.75, 3.05) is 6.54 Å². The monoisotopic (exact) mass is 299 g/mol. The fourth-order valence-electron chi connectivity index (χ4n) is 2.73. The Labute approximate surface area is 130 Å². The molecule has 2 aromatic rings. The van der Waals surface area contributed by atoms with Gasteiger partial charge in [-0.2, -0.15) is 4.98 Å². The van der Waals surface area contributed by atoms with Crippen molar-refractivity contribution >= 4 is 5.91 Å². The predicted molar refractivity (Wildman–Crippen MR) is 82.3 cm³/mol. The first kappa shape index (κ1) is 14.8. The molecule has 3 rings (SSSR count). The Balaban J connectivity index is 1.71. The minimum atomic E-state index is 0.0107. The van der Waals surface area contributed by atoms with Gasteiger partial charge in [-0.05, 0) is 18.1 Å². The molecule has 5 nitrogen and oxygen atoms in total. The maximum atomic E-state index is 12.3. The van der Waals surface area contributed by atoms with Gasteiger partial charge in [0.15, 0.2) is 5.82 Å². The SMILES string of the molecule is Cc1ccccc1CN1CC(c2nc(C(C)C)no2)CC1=O. The lowest BCUT2D eigenvalue weighted by Gasteiger charge is -2.17. The molecule has 2 heterocycles. The minimum absolute atomic E-state index is 0.0107. The Morgan fingerprint density at radius 1 is 1.36 bits per heavy atom. The molecule has 0 saturated carbocycles. The topological polar surface area (TPSA) is 59.2 Å². The van der Waals surface area contributed by atoms with Gasteiger partial charge in [0.2, 0.25) is 11.8 Å². The summed E-state index contributed by atoms with van der Waals surface area (Å²) in [6, 6.07) is 8.16. The Morgan fingerprint density at radius 3 is 2.82 bits per heavy atom. The van der Waals surface area contributed by atoms with Gasteiger partial charge in [0, 0.05) is 25.4 Å². The maximum Gasteiger partial charge on any atom is 0.232 e. The van der Waals surface area contributed by atoms with Crippen molar-refractivity contribution < 1.29 is 9.32 Å². The third-order valence-electron chi connectivity index (χ3n) is 4.16. The van der Waals surface area contributed by atoms with Gasteiger partial charge in [0.25, 0.3) is 0 Å². The average molecular weight is 299 g/mol. The molecule has 22 heavy (non-hydrogen) atoms. The van der Waals surface area contributed by atoms with Crippen LogP contribution in [-0.2, 0) is 11.3 Å². The van der Waals surface area contributed by atoms with Gasteiger partial charge in [-0.3, -0.25) is 4.79 Å². The van der Waals surface area contributed by atoms with Crippen molar-refractivity contribution in [3.05, 3.63) is 47.1 Å². The second kappa shape index (κ2) is 5.91. The molecule has 1 unspecified atom stereocenters. The van der Waals surface area contributed by atoms with Crippen molar-refractivity contribution in [2.45, 2.75) is 45.6 Å². The Morgan fingerprint density at radius 2 is 2.14 bits per heavy atom. The van der Waals surface area contributed by atoms with Crippen LogP contribution in [0, 0.1) is 6.92 Å². The molecule has 1 atom stereocenters. The number of nitrogens with zero attached hydrogens (tertiary/aromatic N) is 3. The molecule has 116 valence electrons. The van der Waals surface area contributed by atoms with Gasteiger partial charge in [0.1, 0.15) is 0 Å². The number of rotatable bonds is 4. The second-order valence-electron chi connectivity index (χ2n) is 6.25. The summed E-state index contributed by atoms with van der Waals surface area (Å²) in [4.78, 5) is 18.6. The summed E-state index contributed by atoms with van der Waals surface area (Å²) in [5.41, 5.74) is 2.39. The largest absolute Gasteiger partial charge is 0.339 e. The summed E-state index contributed by atoms with van der Waals surface area (Å²) >= 11 is 0. The molecule has 0 bridgehead atoms. The first-order valence-corrected chi connectivity index (χ1v) is 7.70. The van der Waals surface area contributed by atoms with Crippen LogP contribution in [0.2, 0.25) is 0 Å². The highest BCUT2D eigenvalue weighted by atomic mass is 16.5. The second-order valence-corrected chi connectivity index (χ2v) is 6.25. The fourth-order valence-corrected chi connectivity index (χ4v) is 2.73.